The summed E-state index contributed by atoms with van der Waals surface area (Å²) >= 11 is 0. The summed E-state index contributed by atoms with van der Waals surface area (Å²) < 4.78 is 54.9. The van der Waals surface area contributed by atoms with Crippen LogP contribution >= 0.6 is 0 Å². The van der Waals surface area contributed by atoms with Gasteiger partial charge in [-0.05, 0) is 36.4 Å². The first kappa shape index (κ1) is 14.2. The highest BCUT2D eigenvalue weighted by Crippen LogP contribution is 2.19. The zero-order chi connectivity index (χ0) is 14.5. The summed E-state index contributed by atoms with van der Waals surface area (Å²) in [6.07, 6.45) is 0. The maximum Gasteiger partial charge on any atom is 0.387 e. The molecule has 0 radical (unpaired) electrons. The van der Waals surface area contributed by atoms with Crippen molar-refractivity contribution in [3.05, 3.63) is 59.7 Å². The van der Waals surface area contributed by atoms with Crippen LogP contribution in [0, 0.1) is 11.6 Å². The fourth-order valence-electron chi connectivity index (χ4n) is 1.65. The number of anilines is 1. The van der Waals surface area contributed by atoms with Crippen LogP contribution in [0.2, 0.25) is 0 Å². The van der Waals surface area contributed by atoms with Crippen LogP contribution in [0.1, 0.15) is 5.56 Å². The van der Waals surface area contributed by atoms with E-state index in [1.165, 1.54) is 42.5 Å². The normalized spacial score (nSPS) is 10.7. The van der Waals surface area contributed by atoms with E-state index in [2.05, 4.69) is 10.1 Å². The second kappa shape index (κ2) is 6.27. The van der Waals surface area contributed by atoms with Gasteiger partial charge in [0.2, 0.25) is 0 Å². The van der Waals surface area contributed by atoms with Crippen LogP contribution in [0.3, 0.4) is 0 Å². The van der Waals surface area contributed by atoms with Gasteiger partial charge in [0.05, 0.1) is 0 Å². The van der Waals surface area contributed by atoms with E-state index in [-0.39, 0.29) is 17.9 Å². The molecule has 2 aromatic carbocycles. The van der Waals surface area contributed by atoms with Gasteiger partial charge in [-0.25, -0.2) is 8.78 Å². The minimum atomic E-state index is -2.89. The van der Waals surface area contributed by atoms with Gasteiger partial charge in [-0.1, -0.05) is 6.07 Å². The third kappa shape index (κ3) is 3.63. The lowest BCUT2D eigenvalue weighted by Gasteiger charge is -2.09. The van der Waals surface area contributed by atoms with Crippen molar-refractivity contribution in [3.8, 4) is 5.75 Å². The minimum Gasteiger partial charge on any atom is -0.435 e. The van der Waals surface area contributed by atoms with E-state index in [0.29, 0.717) is 5.69 Å². The Hall–Kier alpha value is -2.24. The Bertz CT molecular complexity index is 552. The lowest BCUT2D eigenvalue weighted by Crippen LogP contribution is -2.05. The number of hydrogen-bond donors (Lipinski definition) is 1. The Labute approximate surface area is 113 Å². The van der Waals surface area contributed by atoms with Crippen LogP contribution in [0.25, 0.3) is 0 Å². The van der Waals surface area contributed by atoms with Crippen LogP contribution < -0.4 is 10.1 Å². The van der Waals surface area contributed by atoms with Crippen LogP contribution in [-0.2, 0) is 6.54 Å². The molecule has 106 valence electrons. The first-order valence-electron chi connectivity index (χ1n) is 5.78. The molecule has 2 nitrogen and oxygen atoms in total. The second-order valence-corrected chi connectivity index (χ2v) is 3.96. The van der Waals surface area contributed by atoms with Gasteiger partial charge in [0.25, 0.3) is 0 Å². The summed E-state index contributed by atoms with van der Waals surface area (Å²) in [6.45, 7) is -2.94. The van der Waals surface area contributed by atoms with Crippen LogP contribution in [0.15, 0.2) is 42.5 Å². The number of rotatable bonds is 5. The van der Waals surface area contributed by atoms with Crippen molar-refractivity contribution in [1.82, 2.24) is 0 Å². The molecule has 1 N–H and O–H groups in total. The molecule has 0 atom stereocenters. The summed E-state index contributed by atoms with van der Waals surface area (Å²) in [5.74, 6) is -1.27. The Kier molecular flexibility index (Phi) is 4.45. The molecule has 0 aliphatic carbocycles. The predicted molar refractivity (Wildman–Crippen MR) is 66.8 cm³/mol. The van der Waals surface area contributed by atoms with Gasteiger partial charge in [-0.15, -0.1) is 0 Å². The van der Waals surface area contributed by atoms with Crippen molar-refractivity contribution in [3.63, 3.8) is 0 Å². The molecule has 0 saturated heterocycles. The van der Waals surface area contributed by atoms with Crippen molar-refractivity contribution in [1.29, 1.82) is 0 Å². The van der Waals surface area contributed by atoms with E-state index in [4.69, 9.17) is 0 Å². The second-order valence-electron chi connectivity index (χ2n) is 3.96. The average molecular weight is 285 g/mol. The van der Waals surface area contributed by atoms with Crippen molar-refractivity contribution in [2.75, 3.05) is 5.32 Å². The Morgan fingerprint density at radius 3 is 2.10 bits per heavy atom. The standard InChI is InChI=1S/C14H11F4NO/c15-12-2-1-3-13(16)11(12)8-19-9-4-6-10(7-5-9)20-14(17)18/h1-7,14,19H,8H2. The molecule has 2 rings (SSSR count). The Morgan fingerprint density at radius 2 is 1.55 bits per heavy atom. The van der Waals surface area contributed by atoms with Crippen LogP contribution in [0.4, 0.5) is 23.2 Å². The molecular formula is C14H11F4NO. The van der Waals surface area contributed by atoms with E-state index in [0.717, 1.165) is 0 Å². The van der Waals surface area contributed by atoms with Crippen LogP contribution in [0.5, 0.6) is 5.75 Å². The predicted octanol–water partition coefficient (Wildman–Crippen LogP) is 4.18. The van der Waals surface area contributed by atoms with Crippen molar-refractivity contribution in [2.24, 2.45) is 0 Å². The Morgan fingerprint density at radius 1 is 0.950 bits per heavy atom. The smallest absolute Gasteiger partial charge is 0.387 e. The summed E-state index contributed by atoms with van der Waals surface area (Å²) in [4.78, 5) is 0. The van der Waals surface area contributed by atoms with Gasteiger partial charge in [0.1, 0.15) is 17.4 Å². The monoisotopic (exact) mass is 285 g/mol. The molecule has 0 heterocycles. The van der Waals surface area contributed by atoms with Gasteiger partial charge >= 0.3 is 6.61 Å². The topological polar surface area (TPSA) is 21.3 Å². The molecule has 6 heteroatoms. The Balaban J connectivity index is 2.00. The van der Waals surface area contributed by atoms with Gasteiger partial charge in [-0.3, -0.25) is 0 Å². The minimum absolute atomic E-state index is 0.0163. The van der Waals surface area contributed by atoms with Gasteiger partial charge in [0, 0.05) is 17.8 Å². The number of alkyl halides is 2. The largest absolute Gasteiger partial charge is 0.435 e. The average Bonchev–Trinajstić information content (AvgIpc) is 2.39. The fraction of sp³-hybridized carbons (Fsp3) is 0.143. The van der Waals surface area contributed by atoms with E-state index < -0.39 is 18.2 Å². The molecule has 2 aromatic rings. The van der Waals surface area contributed by atoms with Gasteiger partial charge in [-0.2, -0.15) is 8.78 Å². The summed E-state index contributed by atoms with van der Waals surface area (Å²) in [6, 6.07) is 9.26. The molecule has 0 aromatic heterocycles. The molecule has 0 bridgehead atoms. The molecule has 0 unspecified atom stereocenters. The molecule has 0 aliphatic heterocycles. The molecule has 0 aliphatic rings. The first-order valence-corrected chi connectivity index (χ1v) is 5.78. The van der Waals surface area contributed by atoms with Crippen molar-refractivity contribution < 1.29 is 22.3 Å². The maximum atomic E-state index is 13.4. The van der Waals surface area contributed by atoms with E-state index in [1.807, 2.05) is 0 Å². The van der Waals surface area contributed by atoms with E-state index in [9.17, 15) is 17.6 Å². The molecule has 0 amide bonds. The zero-order valence-corrected chi connectivity index (χ0v) is 10.2. The van der Waals surface area contributed by atoms with Gasteiger partial charge < -0.3 is 10.1 Å². The van der Waals surface area contributed by atoms with Crippen molar-refractivity contribution in [2.45, 2.75) is 13.2 Å². The molecule has 0 fully saturated rings. The lowest BCUT2D eigenvalue weighted by atomic mass is 10.2. The highest BCUT2D eigenvalue weighted by Gasteiger charge is 2.08. The SMILES string of the molecule is Fc1cccc(F)c1CNc1ccc(OC(F)F)cc1. The number of hydrogen-bond acceptors (Lipinski definition) is 2. The third-order valence-corrected chi connectivity index (χ3v) is 2.61. The van der Waals surface area contributed by atoms with E-state index >= 15 is 0 Å². The molecular weight excluding hydrogens is 274 g/mol. The van der Waals surface area contributed by atoms with Crippen molar-refractivity contribution >= 4 is 5.69 Å². The lowest BCUT2D eigenvalue weighted by molar-refractivity contribution is -0.0498. The number of halogens is 4. The third-order valence-electron chi connectivity index (χ3n) is 2.61. The van der Waals surface area contributed by atoms with E-state index in [1.54, 1.807) is 0 Å². The quantitative estimate of drug-likeness (QED) is 0.832. The molecule has 20 heavy (non-hydrogen) atoms. The zero-order valence-electron chi connectivity index (χ0n) is 10.2. The maximum absolute atomic E-state index is 13.4. The van der Waals surface area contributed by atoms with Gasteiger partial charge in [0.15, 0.2) is 0 Å². The summed E-state index contributed by atoms with van der Waals surface area (Å²) in [5, 5.41) is 2.80. The molecule has 0 spiro atoms. The summed E-state index contributed by atoms with van der Waals surface area (Å²) in [7, 11) is 0. The highest BCUT2D eigenvalue weighted by molar-refractivity contribution is 5.46. The number of benzene rings is 2. The fourth-order valence-corrected chi connectivity index (χ4v) is 1.65. The van der Waals surface area contributed by atoms with Crippen LogP contribution in [-0.4, -0.2) is 6.61 Å². The summed E-state index contributed by atoms with van der Waals surface area (Å²) in [5.41, 5.74) is 0.453. The number of nitrogens with one attached hydrogen (secondary N) is 1. The highest BCUT2D eigenvalue weighted by atomic mass is 19.3. The number of ether oxygens (including phenoxy) is 1. The molecule has 0 saturated carbocycles. The first-order chi connectivity index (χ1) is 9.56.